The quantitative estimate of drug-likeness (QED) is 0.775. The number of hydrogen-bond donors (Lipinski definition) is 2. The Bertz CT molecular complexity index is 800. The lowest BCUT2D eigenvalue weighted by molar-refractivity contribution is 0.102. The number of amides is 1. The molecule has 2 aromatic heterocycles. The Kier molecular flexibility index (Phi) is 3.74. The second kappa shape index (κ2) is 6.01. The molecule has 0 saturated heterocycles. The zero-order valence-electron chi connectivity index (χ0n) is 11.6. The number of anilines is 2. The highest BCUT2D eigenvalue weighted by atomic mass is 16.1. The van der Waals surface area contributed by atoms with E-state index in [1.54, 1.807) is 36.7 Å². The van der Waals surface area contributed by atoms with Crippen LogP contribution in [-0.2, 0) is 0 Å². The Morgan fingerprint density at radius 1 is 1.09 bits per heavy atom. The summed E-state index contributed by atoms with van der Waals surface area (Å²) in [4.78, 5) is 24.6. The van der Waals surface area contributed by atoms with Crippen LogP contribution in [0.15, 0.2) is 61.1 Å². The van der Waals surface area contributed by atoms with Crippen molar-refractivity contribution >= 4 is 17.4 Å². The lowest BCUT2D eigenvalue weighted by atomic mass is 10.2. The molecule has 2 heterocycles. The van der Waals surface area contributed by atoms with Crippen LogP contribution in [0.25, 0.3) is 11.3 Å². The summed E-state index contributed by atoms with van der Waals surface area (Å²) in [5, 5.41) is 2.74. The second-order valence-electron chi connectivity index (χ2n) is 4.55. The zero-order valence-corrected chi connectivity index (χ0v) is 11.6. The molecule has 0 atom stereocenters. The third-order valence-electron chi connectivity index (χ3n) is 3.02. The van der Waals surface area contributed by atoms with Gasteiger partial charge in [-0.2, -0.15) is 0 Å². The van der Waals surface area contributed by atoms with Gasteiger partial charge < -0.3 is 11.1 Å². The molecule has 0 saturated carbocycles. The highest BCUT2D eigenvalue weighted by molar-refractivity contribution is 6.05. The van der Waals surface area contributed by atoms with Crippen LogP contribution in [0.2, 0.25) is 0 Å². The molecule has 22 heavy (non-hydrogen) atoms. The van der Waals surface area contributed by atoms with Crippen molar-refractivity contribution in [3.63, 3.8) is 0 Å². The SMILES string of the molecule is Nc1ncc(-c2ccncc2)nc1C(=O)Nc1ccccc1.[HH].[HH]. The number of aromatic nitrogens is 3. The van der Waals surface area contributed by atoms with E-state index in [-0.39, 0.29) is 14.4 Å². The first kappa shape index (κ1) is 13.7. The summed E-state index contributed by atoms with van der Waals surface area (Å²) in [5.41, 5.74) is 7.92. The van der Waals surface area contributed by atoms with Crippen LogP contribution in [0.3, 0.4) is 0 Å². The van der Waals surface area contributed by atoms with Gasteiger partial charge in [0, 0.05) is 26.5 Å². The van der Waals surface area contributed by atoms with Gasteiger partial charge in [-0.15, -0.1) is 0 Å². The maximum atomic E-state index is 12.3. The van der Waals surface area contributed by atoms with Crippen molar-refractivity contribution in [2.45, 2.75) is 0 Å². The molecule has 6 nitrogen and oxygen atoms in total. The van der Waals surface area contributed by atoms with Crippen LogP contribution in [-0.4, -0.2) is 20.9 Å². The highest BCUT2D eigenvalue weighted by Crippen LogP contribution is 2.18. The molecule has 0 unspecified atom stereocenters. The second-order valence-corrected chi connectivity index (χ2v) is 4.55. The highest BCUT2D eigenvalue weighted by Gasteiger charge is 2.14. The molecule has 6 heteroatoms. The fraction of sp³-hybridized carbons (Fsp3) is 0. The van der Waals surface area contributed by atoms with Crippen molar-refractivity contribution in [1.82, 2.24) is 15.0 Å². The smallest absolute Gasteiger partial charge is 0.278 e. The van der Waals surface area contributed by atoms with Crippen LogP contribution < -0.4 is 11.1 Å². The van der Waals surface area contributed by atoms with Crippen molar-refractivity contribution < 1.29 is 7.65 Å². The summed E-state index contributed by atoms with van der Waals surface area (Å²) in [6, 6.07) is 12.7. The maximum absolute atomic E-state index is 12.3. The number of pyridine rings is 1. The van der Waals surface area contributed by atoms with Gasteiger partial charge in [-0.05, 0) is 24.3 Å². The van der Waals surface area contributed by atoms with E-state index in [0.29, 0.717) is 11.4 Å². The van der Waals surface area contributed by atoms with E-state index >= 15 is 0 Å². The fourth-order valence-electron chi connectivity index (χ4n) is 1.94. The van der Waals surface area contributed by atoms with E-state index in [1.165, 1.54) is 6.20 Å². The molecule has 112 valence electrons. The number of hydrogen-bond acceptors (Lipinski definition) is 5. The molecular formula is C16H17N5O. The summed E-state index contributed by atoms with van der Waals surface area (Å²) in [6.45, 7) is 0. The molecule has 0 fully saturated rings. The molecule has 0 bridgehead atoms. The van der Waals surface area contributed by atoms with Gasteiger partial charge in [-0.25, -0.2) is 9.97 Å². The third-order valence-corrected chi connectivity index (χ3v) is 3.02. The van der Waals surface area contributed by atoms with E-state index in [0.717, 1.165) is 5.56 Å². The van der Waals surface area contributed by atoms with Gasteiger partial charge in [-0.1, -0.05) is 18.2 Å². The Hall–Kier alpha value is -3.28. The molecule has 1 amide bonds. The largest absolute Gasteiger partial charge is 0.382 e. The summed E-state index contributed by atoms with van der Waals surface area (Å²) in [5.74, 6) is -0.307. The average Bonchev–Trinajstić information content (AvgIpc) is 2.57. The van der Waals surface area contributed by atoms with E-state index in [4.69, 9.17) is 5.73 Å². The van der Waals surface area contributed by atoms with Crippen LogP contribution in [0.4, 0.5) is 11.5 Å². The zero-order chi connectivity index (χ0) is 15.4. The van der Waals surface area contributed by atoms with Gasteiger partial charge in [0.2, 0.25) is 0 Å². The van der Waals surface area contributed by atoms with Crippen LogP contribution in [0.5, 0.6) is 0 Å². The Labute approximate surface area is 130 Å². The number of rotatable bonds is 3. The van der Waals surface area contributed by atoms with Gasteiger partial charge in [-0.3, -0.25) is 9.78 Å². The number of para-hydroxylation sites is 1. The lowest BCUT2D eigenvalue weighted by Crippen LogP contribution is -2.17. The normalized spacial score (nSPS) is 10.2. The number of carbonyl (C=O) groups is 1. The van der Waals surface area contributed by atoms with E-state index in [1.807, 2.05) is 18.2 Å². The third kappa shape index (κ3) is 2.90. The number of nitrogens with one attached hydrogen (secondary N) is 1. The minimum absolute atomic E-state index is 0. The maximum Gasteiger partial charge on any atom is 0.278 e. The van der Waals surface area contributed by atoms with Gasteiger partial charge >= 0.3 is 0 Å². The first-order valence-corrected chi connectivity index (χ1v) is 6.63. The number of nitrogens with zero attached hydrogens (tertiary/aromatic N) is 3. The molecule has 0 aliphatic carbocycles. The number of nitrogens with two attached hydrogens (primary N) is 1. The van der Waals surface area contributed by atoms with E-state index < -0.39 is 5.91 Å². The molecule has 0 radical (unpaired) electrons. The topological polar surface area (TPSA) is 93.8 Å². The van der Waals surface area contributed by atoms with Crippen molar-refractivity contribution in [2.24, 2.45) is 0 Å². The summed E-state index contributed by atoms with van der Waals surface area (Å²) < 4.78 is 0. The fourth-order valence-corrected chi connectivity index (χ4v) is 1.94. The Morgan fingerprint density at radius 3 is 2.55 bits per heavy atom. The summed E-state index contributed by atoms with van der Waals surface area (Å²) >= 11 is 0. The molecule has 0 spiro atoms. The molecule has 0 aliphatic rings. The minimum Gasteiger partial charge on any atom is -0.382 e. The van der Waals surface area contributed by atoms with Gasteiger partial charge in [0.15, 0.2) is 11.5 Å². The van der Waals surface area contributed by atoms with Crippen LogP contribution in [0, 0.1) is 0 Å². The van der Waals surface area contributed by atoms with Gasteiger partial charge in [0.25, 0.3) is 5.91 Å². The van der Waals surface area contributed by atoms with Crippen molar-refractivity contribution in [1.29, 1.82) is 0 Å². The number of carbonyl (C=O) groups excluding carboxylic acids is 1. The first-order valence-electron chi connectivity index (χ1n) is 6.63. The standard InChI is InChI=1S/C16H13N5O.2H2/c17-15-14(16(22)20-12-4-2-1-3-5-12)21-13(10-19-15)11-6-8-18-9-7-11;;/h1-10H,(H2,17,19)(H,20,22);2*1H. The van der Waals surface area contributed by atoms with Crippen molar-refractivity contribution in [3.05, 3.63) is 66.7 Å². The van der Waals surface area contributed by atoms with Gasteiger partial charge in [0.1, 0.15) is 0 Å². The Balaban J connectivity index is 0.00000144. The van der Waals surface area contributed by atoms with Crippen molar-refractivity contribution in [2.75, 3.05) is 11.1 Å². The molecule has 1 aromatic carbocycles. The number of nitrogen functional groups attached to an aromatic ring is 1. The molecule has 3 N–H and O–H groups in total. The van der Waals surface area contributed by atoms with Crippen molar-refractivity contribution in [3.8, 4) is 11.3 Å². The molecule has 3 rings (SSSR count). The summed E-state index contributed by atoms with van der Waals surface area (Å²) in [6.07, 6.45) is 4.83. The molecular weight excluding hydrogens is 278 g/mol. The lowest BCUT2D eigenvalue weighted by Gasteiger charge is -2.08. The molecule has 3 aromatic rings. The predicted molar refractivity (Wildman–Crippen MR) is 88.3 cm³/mol. The monoisotopic (exact) mass is 295 g/mol. The van der Waals surface area contributed by atoms with Crippen LogP contribution >= 0.6 is 0 Å². The van der Waals surface area contributed by atoms with E-state index in [9.17, 15) is 4.79 Å². The molecule has 0 aliphatic heterocycles. The number of benzene rings is 1. The summed E-state index contributed by atoms with van der Waals surface area (Å²) in [7, 11) is 0. The predicted octanol–water partition coefficient (Wildman–Crippen LogP) is 2.87. The Morgan fingerprint density at radius 2 is 1.82 bits per heavy atom. The first-order chi connectivity index (χ1) is 10.7. The minimum atomic E-state index is -0.396. The van der Waals surface area contributed by atoms with Gasteiger partial charge in [0.05, 0.1) is 11.9 Å². The average molecular weight is 295 g/mol. The van der Waals surface area contributed by atoms with E-state index in [2.05, 4.69) is 20.3 Å². The van der Waals surface area contributed by atoms with Crippen LogP contribution in [0.1, 0.15) is 13.3 Å².